The van der Waals surface area contributed by atoms with E-state index in [-0.39, 0.29) is 5.41 Å². The van der Waals surface area contributed by atoms with Crippen LogP contribution in [0.5, 0.6) is 11.5 Å². The summed E-state index contributed by atoms with van der Waals surface area (Å²) in [6.07, 6.45) is 0. The minimum absolute atomic E-state index is 0.0879. The van der Waals surface area contributed by atoms with Gasteiger partial charge in [-0.05, 0) is 57.2 Å². The second kappa shape index (κ2) is 5.68. The second-order valence-electron chi connectivity index (χ2n) is 5.63. The number of hydrogen-bond donors (Lipinski definition) is 0. The van der Waals surface area contributed by atoms with Crippen LogP contribution in [0.25, 0.3) is 0 Å². The van der Waals surface area contributed by atoms with E-state index in [0.29, 0.717) is 11.3 Å². The molecule has 102 valence electrons. The number of ether oxygens (including phenoxy) is 1. The fraction of sp³-hybridized carbons (Fsp3) is 0.235. The van der Waals surface area contributed by atoms with Crippen molar-refractivity contribution in [3.8, 4) is 17.6 Å². The molecule has 0 fully saturated rings. The minimum atomic E-state index is 0.0879. The topological polar surface area (TPSA) is 33.0 Å². The monoisotopic (exact) mass is 329 g/mol. The molecule has 0 N–H and O–H groups in total. The zero-order valence-corrected chi connectivity index (χ0v) is 13.4. The molecule has 2 rings (SSSR count). The molecule has 20 heavy (non-hydrogen) atoms. The van der Waals surface area contributed by atoms with Crippen molar-refractivity contribution >= 4 is 15.9 Å². The first kappa shape index (κ1) is 14.6. The lowest BCUT2D eigenvalue weighted by Gasteiger charge is -2.19. The van der Waals surface area contributed by atoms with Crippen LogP contribution in [0.2, 0.25) is 0 Å². The van der Waals surface area contributed by atoms with Crippen molar-refractivity contribution in [3.05, 3.63) is 58.1 Å². The van der Waals surface area contributed by atoms with Crippen LogP contribution in [0.4, 0.5) is 0 Å². The molecule has 0 aromatic heterocycles. The van der Waals surface area contributed by atoms with E-state index in [9.17, 15) is 0 Å². The molecule has 2 aromatic carbocycles. The van der Waals surface area contributed by atoms with Crippen molar-refractivity contribution in [2.45, 2.75) is 26.2 Å². The zero-order chi connectivity index (χ0) is 14.8. The predicted octanol–water partition coefficient (Wildman–Crippen LogP) is 5.41. The van der Waals surface area contributed by atoms with E-state index in [1.54, 1.807) is 12.1 Å². The summed E-state index contributed by atoms with van der Waals surface area (Å²) in [4.78, 5) is 0. The Labute approximate surface area is 128 Å². The zero-order valence-electron chi connectivity index (χ0n) is 11.8. The number of hydrogen-bond acceptors (Lipinski definition) is 2. The Morgan fingerprint density at radius 3 is 2.35 bits per heavy atom. The summed E-state index contributed by atoms with van der Waals surface area (Å²) in [5.41, 5.74) is 1.91. The van der Waals surface area contributed by atoms with Gasteiger partial charge in [0.05, 0.1) is 5.56 Å². The van der Waals surface area contributed by atoms with Crippen molar-refractivity contribution in [1.29, 1.82) is 5.26 Å². The lowest BCUT2D eigenvalue weighted by atomic mass is 9.87. The second-order valence-corrected chi connectivity index (χ2v) is 6.49. The SMILES string of the molecule is CC(C)(C)c1cccc(Oc2ccc(C#N)c(Br)c2)c1. The van der Waals surface area contributed by atoms with Gasteiger partial charge in [-0.3, -0.25) is 0 Å². The van der Waals surface area contributed by atoms with E-state index in [2.05, 4.69) is 48.8 Å². The van der Waals surface area contributed by atoms with Crippen LogP contribution in [0.15, 0.2) is 46.9 Å². The molecule has 0 amide bonds. The normalized spacial score (nSPS) is 10.9. The third kappa shape index (κ3) is 3.40. The summed E-state index contributed by atoms with van der Waals surface area (Å²) in [5.74, 6) is 1.51. The number of nitrogens with zero attached hydrogens (tertiary/aromatic N) is 1. The molecule has 0 aliphatic heterocycles. The molecule has 0 atom stereocenters. The third-order valence-corrected chi connectivity index (χ3v) is 3.65. The van der Waals surface area contributed by atoms with E-state index in [1.165, 1.54) is 5.56 Å². The molecule has 0 saturated carbocycles. The highest BCUT2D eigenvalue weighted by atomic mass is 79.9. The molecule has 0 unspecified atom stereocenters. The maximum absolute atomic E-state index is 8.90. The molecule has 0 saturated heterocycles. The number of rotatable bonds is 2. The molecule has 2 nitrogen and oxygen atoms in total. The van der Waals surface area contributed by atoms with Crippen LogP contribution in [0.1, 0.15) is 31.9 Å². The molecule has 0 aliphatic carbocycles. The molecule has 0 aliphatic rings. The van der Waals surface area contributed by atoms with Crippen LogP contribution in [-0.4, -0.2) is 0 Å². The maximum atomic E-state index is 8.90. The Kier molecular flexibility index (Phi) is 4.15. The van der Waals surface area contributed by atoms with Crippen LogP contribution in [0.3, 0.4) is 0 Å². The third-order valence-electron chi connectivity index (χ3n) is 3.00. The molecular formula is C17H16BrNO. The molecule has 2 aromatic rings. The number of benzene rings is 2. The van der Waals surface area contributed by atoms with Crippen molar-refractivity contribution in [1.82, 2.24) is 0 Å². The van der Waals surface area contributed by atoms with Gasteiger partial charge in [0.25, 0.3) is 0 Å². The summed E-state index contributed by atoms with van der Waals surface area (Å²) in [7, 11) is 0. The van der Waals surface area contributed by atoms with Gasteiger partial charge in [0, 0.05) is 4.47 Å². The first-order valence-corrected chi connectivity index (χ1v) is 7.17. The van der Waals surface area contributed by atoms with E-state index in [4.69, 9.17) is 10.00 Å². The van der Waals surface area contributed by atoms with Gasteiger partial charge in [-0.2, -0.15) is 5.26 Å². The van der Waals surface area contributed by atoms with Crippen LogP contribution >= 0.6 is 15.9 Å². The first-order chi connectivity index (χ1) is 9.40. The Balaban J connectivity index is 2.27. The fourth-order valence-electron chi connectivity index (χ4n) is 1.81. The standard InChI is InChI=1S/C17H16BrNO/c1-17(2,3)13-5-4-6-14(9-13)20-15-8-7-12(11-19)16(18)10-15/h4-10H,1-3H3. The molecule has 3 heteroatoms. The molecule has 0 bridgehead atoms. The van der Waals surface area contributed by atoms with Gasteiger partial charge < -0.3 is 4.74 Å². The van der Waals surface area contributed by atoms with Gasteiger partial charge in [0.2, 0.25) is 0 Å². The van der Waals surface area contributed by atoms with Crippen LogP contribution < -0.4 is 4.74 Å². The van der Waals surface area contributed by atoms with Gasteiger partial charge >= 0.3 is 0 Å². The molecular weight excluding hydrogens is 314 g/mol. The van der Waals surface area contributed by atoms with Gasteiger partial charge in [0.1, 0.15) is 17.6 Å². The van der Waals surface area contributed by atoms with Gasteiger partial charge in [-0.25, -0.2) is 0 Å². The first-order valence-electron chi connectivity index (χ1n) is 6.38. The maximum Gasteiger partial charge on any atom is 0.128 e. The van der Waals surface area contributed by atoms with E-state index < -0.39 is 0 Å². The Morgan fingerprint density at radius 1 is 1.05 bits per heavy atom. The summed E-state index contributed by atoms with van der Waals surface area (Å²) in [6.45, 7) is 6.51. The Bertz CT molecular complexity index is 665. The predicted molar refractivity (Wildman–Crippen MR) is 84.1 cm³/mol. The molecule has 0 heterocycles. The Morgan fingerprint density at radius 2 is 1.75 bits per heavy atom. The summed E-state index contributed by atoms with van der Waals surface area (Å²) in [5, 5.41) is 8.90. The summed E-state index contributed by atoms with van der Waals surface area (Å²) in [6, 6.07) is 15.5. The molecule has 0 spiro atoms. The summed E-state index contributed by atoms with van der Waals surface area (Å²) >= 11 is 3.36. The van der Waals surface area contributed by atoms with E-state index >= 15 is 0 Å². The largest absolute Gasteiger partial charge is 0.457 e. The lowest BCUT2D eigenvalue weighted by molar-refractivity contribution is 0.478. The Hall–Kier alpha value is -1.79. The van der Waals surface area contributed by atoms with Crippen molar-refractivity contribution < 1.29 is 4.74 Å². The average Bonchev–Trinajstić information content (AvgIpc) is 2.38. The smallest absolute Gasteiger partial charge is 0.128 e. The quantitative estimate of drug-likeness (QED) is 0.737. The average molecular weight is 330 g/mol. The summed E-state index contributed by atoms with van der Waals surface area (Å²) < 4.78 is 6.60. The van der Waals surface area contributed by atoms with Crippen molar-refractivity contribution in [2.75, 3.05) is 0 Å². The molecule has 0 radical (unpaired) electrons. The highest BCUT2D eigenvalue weighted by Gasteiger charge is 2.14. The van der Waals surface area contributed by atoms with Crippen molar-refractivity contribution in [2.24, 2.45) is 0 Å². The fourth-order valence-corrected chi connectivity index (χ4v) is 2.26. The van der Waals surface area contributed by atoms with Crippen LogP contribution in [-0.2, 0) is 5.41 Å². The highest BCUT2D eigenvalue weighted by Crippen LogP contribution is 2.30. The van der Waals surface area contributed by atoms with Crippen molar-refractivity contribution in [3.63, 3.8) is 0 Å². The highest BCUT2D eigenvalue weighted by molar-refractivity contribution is 9.10. The van der Waals surface area contributed by atoms with Gasteiger partial charge in [-0.1, -0.05) is 32.9 Å². The van der Waals surface area contributed by atoms with Crippen LogP contribution in [0, 0.1) is 11.3 Å². The number of nitriles is 1. The van der Waals surface area contributed by atoms with E-state index in [1.807, 2.05) is 24.3 Å². The number of halogens is 1. The van der Waals surface area contributed by atoms with Gasteiger partial charge in [-0.15, -0.1) is 0 Å². The minimum Gasteiger partial charge on any atom is -0.457 e. The lowest BCUT2D eigenvalue weighted by Crippen LogP contribution is -2.10. The van der Waals surface area contributed by atoms with E-state index in [0.717, 1.165) is 10.2 Å². The van der Waals surface area contributed by atoms with Gasteiger partial charge in [0.15, 0.2) is 0 Å².